The van der Waals surface area contributed by atoms with E-state index >= 15 is 0 Å². The maximum atomic E-state index is 11.5. The summed E-state index contributed by atoms with van der Waals surface area (Å²) in [6, 6.07) is 0. The van der Waals surface area contributed by atoms with E-state index in [1.54, 1.807) is 13.8 Å². The number of esters is 2. The predicted molar refractivity (Wildman–Crippen MR) is 70.5 cm³/mol. The molecule has 0 aromatic carbocycles. The Balaban J connectivity index is 5.15. The monoisotopic (exact) mass is 320 g/mol. The lowest BCUT2D eigenvalue weighted by molar-refractivity contribution is -0.358. The first kappa shape index (κ1) is 19.8. The topological polar surface area (TPSA) is 136 Å². The molecule has 0 amide bonds. The van der Waals surface area contributed by atoms with Gasteiger partial charge in [0.2, 0.25) is 0 Å². The second-order valence-electron chi connectivity index (χ2n) is 4.46. The summed E-state index contributed by atoms with van der Waals surface area (Å²) in [5.74, 6) is -7.32. The molecule has 0 aromatic heterocycles. The minimum absolute atomic E-state index is 0.131. The highest BCUT2D eigenvalue weighted by atomic mass is 16.9. The van der Waals surface area contributed by atoms with Gasteiger partial charge in [-0.1, -0.05) is 13.8 Å². The summed E-state index contributed by atoms with van der Waals surface area (Å²) < 4.78 is 15.1. The second-order valence-corrected chi connectivity index (χ2v) is 4.46. The zero-order valence-electron chi connectivity index (χ0n) is 12.7. The molecule has 126 valence electrons. The zero-order chi connectivity index (χ0) is 17.3. The Hall–Kier alpha value is -2.16. The molecule has 0 rings (SSSR count). The third-order valence-corrected chi connectivity index (χ3v) is 2.52. The number of ether oxygens (including phenoxy) is 3. The van der Waals surface area contributed by atoms with E-state index in [1.165, 1.54) is 6.92 Å². The zero-order valence-corrected chi connectivity index (χ0v) is 12.7. The van der Waals surface area contributed by atoms with Crippen molar-refractivity contribution in [2.24, 2.45) is 0 Å². The van der Waals surface area contributed by atoms with Crippen LogP contribution in [-0.4, -0.2) is 46.2 Å². The van der Waals surface area contributed by atoms with Crippen molar-refractivity contribution in [1.82, 2.24) is 0 Å². The van der Waals surface area contributed by atoms with Crippen molar-refractivity contribution in [3.63, 3.8) is 0 Å². The van der Waals surface area contributed by atoms with Gasteiger partial charge in [-0.15, -0.1) is 0 Å². The minimum Gasteiger partial charge on any atom is -0.481 e. The molecule has 0 radical (unpaired) electrons. The van der Waals surface area contributed by atoms with E-state index < -0.39 is 48.8 Å². The molecular weight excluding hydrogens is 300 g/mol. The van der Waals surface area contributed by atoms with Crippen molar-refractivity contribution >= 4 is 23.9 Å². The van der Waals surface area contributed by atoms with E-state index in [1.807, 2.05) is 0 Å². The van der Waals surface area contributed by atoms with Crippen molar-refractivity contribution in [2.75, 3.05) is 0 Å². The fourth-order valence-corrected chi connectivity index (χ4v) is 1.35. The Morgan fingerprint density at radius 3 is 1.64 bits per heavy atom. The quantitative estimate of drug-likeness (QED) is 0.341. The Labute approximate surface area is 127 Å². The number of aliphatic carboxylic acids is 2. The molecule has 1 atom stereocenters. The number of rotatable bonds is 10. The van der Waals surface area contributed by atoms with Crippen molar-refractivity contribution < 1.29 is 43.6 Å². The fourth-order valence-electron chi connectivity index (χ4n) is 1.35. The third kappa shape index (κ3) is 7.58. The molecule has 0 aromatic rings. The molecule has 0 aliphatic heterocycles. The van der Waals surface area contributed by atoms with Crippen LogP contribution in [0.4, 0.5) is 0 Å². The number of carbonyl (C=O) groups is 4. The van der Waals surface area contributed by atoms with Gasteiger partial charge in [0.05, 0.1) is 12.5 Å². The molecule has 0 saturated heterocycles. The average Bonchev–Trinajstić information content (AvgIpc) is 2.35. The molecule has 2 N–H and O–H groups in total. The first-order valence-electron chi connectivity index (χ1n) is 6.69. The molecule has 0 spiro atoms. The standard InChI is InChI=1S/C13H20O9/c1-4-8(3)20-13(5-2,21-11(18)6-9(14)15)22-12(19)7-10(16)17/h8H,4-7H2,1-3H3,(H,14,15)(H,16,17). The lowest BCUT2D eigenvalue weighted by Crippen LogP contribution is -2.45. The van der Waals surface area contributed by atoms with Crippen LogP contribution >= 0.6 is 0 Å². The normalized spacial score (nSPS) is 12.3. The summed E-state index contributed by atoms with van der Waals surface area (Å²) in [7, 11) is 0. The lowest BCUT2D eigenvalue weighted by atomic mass is 10.3. The molecule has 9 nitrogen and oxygen atoms in total. The molecule has 9 heteroatoms. The number of hydrogen-bond acceptors (Lipinski definition) is 7. The van der Waals surface area contributed by atoms with Crippen molar-refractivity contribution in [3.8, 4) is 0 Å². The van der Waals surface area contributed by atoms with Crippen LogP contribution in [0, 0.1) is 0 Å². The minimum atomic E-state index is -2.14. The maximum absolute atomic E-state index is 11.5. The van der Waals surface area contributed by atoms with Gasteiger partial charge in [-0.05, 0) is 13.3 Å². The first-order chi connectivity index (χ1) is 10.1. The summed E-state index contributed by atoms with van der Waals surface area (Å²) >= 11 is 0. The van der Waals surface area contributed by atoms with Gasteiger partial charge in [0, 0.05) is 0 Å². The summed E-state index contributed by atoms with van der Waals surface area (Å²) in [6.45, 7) is 4.87. The van der Waals surface area contributed by atoms with Gasteiger partial charge in [0.25, 0.3) is 0 Å². The van der Waals surface area contributed by atoms with Crippen LogP contribution in [0.25, 0.3) is 0 Å². The molecule has 0 bridgehead atoms. The van der Waals surface area contributed by atoms with Crippen LogP contribution in [0.5, 0.6) is 0 Å². The number of hydrogen-bond donors (Lipinski definition) is 2. The highest BCUT2D eigenvalue weighted by Gasteiger charge is 2.40. The Morgan fingerprint density at radius 2 is 1.36 bits per heavy atom. The van der Waals surface area contributed by atoms with Crippen molar-refractivity contribution in [1.29, 1.82) is 0 Å². The van der Waals surface area contributed by atoms with Crippen LogP contribution in [0.2, 0.25) is 0 Å². The van der Waals surface area contributed by atoms with Gasteiger partial charge in [-0.3, -0.25) is 19.2 Å². The van der Waals surface area contributed by atoms with Gasteiger partial charge in [0.15, 0.2) is 0 Å². The Kier molecular flexibility index (Phi) is 8.10. The second kappa shape index (κ2) is 8.98. The molecule has 0 saturated carbocycles. The van der Waals surface area contributed by atoms with E-state index in [9.17, 15) is 19.2 Å². The van der Waals surface area contributed by atoms with E-state index in [2.05, 4.69) is 0 Å². The van der Waals surface area contributed by atoms with Crippen LogP contribution < -0.4 is 0 Å². The summed E-state index contributed by atoms with van der Waals surface area (Å²) in [4.78, 5) is 44.0. The van der Waals surface area contributed by atoms with Gasteiger partial charge in [0.1, 0.15) is 12.8 Å². The van der Waals surface area contributed by atoms with Crippen molar-refractivity contribution in [3.05, 3.63) is 0 Å². The fraction of sp³-hybridized carbons (Fsp3) is 0.692. The molecule has 22 heavy (non-hydrogen) atoms. The van der Waals surface area contributed by atoms with E-state index in [-0.39, 0.29) is 6.42 Å². The van der Waals surface area contributed by atoms with Gasteiger partial charge < -0.3 is 24.4 Å². The van der Waals surface area contributed by atoms with E-state index in [0.29, 0.717) is 6.42 Å². The summed E-state index contributed by atoms with van der Waals surface area (Å²) in [5, 5.41) is 17.1. The molecular formula is C13H20O9. The van der Waals surface area contributed by atoms with E-state index in [4.69, 9.17) is 24.4 Å². The summed E-state index contributed by atoms with van der Waals surface area (Å²) in [5.41, 5.74) is 0. The van der Waals surface area contributed by atoms with Crippen LogP contribution in [0.1, 0.15) is 46.5 Å². The maximum Gasteiger partial charge on any atom is 0.375 e. The lowest BCUT2D eigenvalue weighted by Gasteiger charge is -2.33. The Bertz CT molecular complexity index is 399. The summed E-state index contributed by atoms with van der Waals surface area (Å²) in [6.07, 6.45) is -2.00. The van der Waals surface area contributed by atoms with Gasteiger partial charge >= 0.3 is 29.9 Å². The Morgan fingerprint density at radius 1 is 0.955 bits per heavy atom. The van der Waals surface area contributed by atoms with Crippen LogP contribution in [0.15, 0.2) is 0 Å². The number of carboxylic acid groups (broad SMARTS) is 2. The molecule has 1 unspecified atom stereocenters. The van der Waals surface area contributed by atoms with Crippen molar-refractivity contribution in [2.45, 2.75) is 58.5 Å². The largest absolute Gasteiger partial charge is 0.481 e. The number of carboxylic acids is 2. The smallest absolute Gasteiger partial charge is 0.375 e. The van der Waals surface area contributed by atoms with E-state index in [0.717, 1.165) is 0 Å². The average molecular weight is 320 g/mol. The highest BCUT2D eigenvalue weighted by Crippen LogP contribution is 2.24. The molecule has 0 aliphatic carbocycles. The highest BCUT2D eigenvalue weighted by molar-refractivity contribution is 5.91. The SMILES string of the molecule is CCC(C)OC(CC)(OC(=O)CC(=O)O)OC(=O)CC(=O)O. The van der Waals surface area contributed by atoms with Crippen LogP contribution in [-0.2, 0) is 33.4 Å². The molecule has 0 heterocycles. The van der Waals surface area contributed by atoms with Gasteiger partial charge in [-0.25, -0.2) is 0 Å². The molecule has 0 fully saturated rings. The predicted octanol–water partition coefficient (Wildman–Crippen LogP) is 0.901. The molecule has 0 aliphatic rings. The number of carbonyl (C=O) groups excluding carboxylic acids is 2. The first-order valence-corrected chi connectivity index (χ1v) is 6.69. The third-order valence-electron chi connectivity index (χ3n) is 2.52. The van der Waals surface area contributed by atoms with Crippen LogP contribution in [0.3, 0.4) is 0 Å². The van der Waals surface area contributed by atoms with Gasteiger partial charge in [-0.2, -0.15) is 0 Å².